The predicted octanol–water partition coefficient (Wildman–Crippen LogP) is 13.7. The fourth-order valence-electron chi connectivity index (χ4n) is 9.75. The third kappa shape index (κ3) is 6.52. The first-order chi connectivity index (χ1) is 29.8. The number of hydrogen-bond acceptors (Lipinski definition) is 1. The summed E-state index contributed by atoms with van der Waals surface area (Å²) in [5.74, 6) is 0.434. The van der Waals surface area contributed by atoms with Gasteiger partial charge >= 0.3 is 0 Å². The molecule has 0 fully saturated rings. The molecule has 0 spiro atoms. The van der Waals surface area contributed by atoms with Crippen molar-refractivity contribution in [1.29, 1.82) is 0 Å². The van der Waals surface area contributed by atoms with Gasteiger partial charge in [0.15, 0.2) is 0 Å². The molecule has 2 unspecified atom stereocenters. The van der Waals surface area contributed by atoms with Crippen molar-refractivity contribution in [2.75, 3.05) is 4.90 Å². The Morgan fingerprint density at radius 3 is 1.20 bits per heavy atom. The molecule has 1 heterocycles. The first kappa shape index (κ1) is 35.9. The molecule has 2 heteroatoms. The van der Waals surface area contributed by atoms with Gasteiger partial charge in [0, 0.05) is 28.9 Å². The predicted molar refractivity (Wildman–Crippen MR) is 256 cm³/mol. The third-order valence-corrected chi connectivity index (χ3v) is 14.7. The number of nitrogens with zero attached hydrogens (tertiary/aromatic N) is 1. The largest absolute Gasteiger partial charge is 0.311 e. The van der Waals surface area contributed by atoms with Gasteiger partial charge in [0.05, 0.1) is 9.52 Å². The zero-order valence-electron chi connectivity index (χ0n) is 33.3. The van der Waals surface area contributed by atoms with Crippen molar-refractivity contribution in [2.45, 2.75) is 11.8 Å². The van der Waals surface area contributed by atoms with E-state index in [9.17, 15) is 0 Å². The average molecular weight is 782 g/mol. The van der Waals surface area contributed by atoms with Crippen LogP contribution in [0.1, 0.15) is 39.7 Å². The molecule has 2 atom stereocenters. The van der Waals surface area contributed by atoms with Crippen LogP contribution in [0.4, 0.5) is 17.1 Å². The van der Waals surface area contributed by atoms with E-state index >= 15 is 0 Å². The molecule has 1 aliphatic carbocycles. The number of fused-ring (bicyclic) bond motifs is 3. The molecule has 0 N–H and O–H groups in total. The van der Waals surface area contributed by atoms with E-state index in [0.29, 0.717) is 0 Å². The van der Waals surface area contributed by atoms with Gasteiger partial charge in [0.2, 0.25) is 0 Å². The quantitative estimate of drug-likeness (QED) is 0.139. The van der Waals surface area contributed by atoms with Crippen LogP contribution in [-0.2, 0) is 0 Å². The SMILES string of the molecule is c1ccc(-c2ccc(N(c3ccc(-c4ccccc4)cc3)c3ccc(-c4ccc5c(c4)C(c4ccccc4)C4=C([SiH2]5)c5ccccc5C4c4ccccc4)cc3)cc2)cc1. The fraction of sp³-hybridized carbons (Fsp3) is 0.0345. The first-order valence-corrected chi connectivity index (χ1v) is 22.4. The Morgan fingerprint density at radius 2 is 0.700 bits per heavy atom. The van der Waals surface area contributed by atoms with Crippen molar-refractivity contribution >= 4 is 37.0 Å². The van der Waals surface area contributed by atoms with Crippen LogP contribution in [0.15, 0.2) is 242 Å². The molecule has 9 aromatic carbocycles. The van der Waals surface area contributed by atoms with Crippen LogP contribution in [-0.4, -0.2) is 9.52 Å². The standard InChI is InChI=1S/C58H43NSi/c1-5-15-40(16-6-1)42-25-32-48(33-26-42)59(49-34-27-43(28-35-49)41-17-7-2-8-18-41)50-36-29-44(30-37-50)47-31-38-54-53(39-47)56(46-21-11-4-12-22-46)57-55(45-19-9-3-10-20-45)51-23-13-14-24-52(51)58(57)60-54/h1-39,55-56H,60H2. The second kappa shape index (κ2) is 15.5. The second-order valence-corrected chi connectivity index (χ2v) is 17.8. The molecule has 0 amide bonds. The Balaban J connectivity index is 0.978. The van der Waals surface area contributed by atoms with Crippen LogP contribution in [0.5, 0.6) is 0 Å². The normalized spacial score (nSPS) is 15.6. The van der Waals surface area contributed by atoms with Gasteiger partial charge in [-0.1, -0.05) is 211 Å². The van der Waals surface area contributed by atoms with Crippen molar-refractivity contribution in [3.63, 3.8) is 0 Å². The Hall–Kier alpha value is -7.26. The lowest BCUT2D eigenvalue weighted by Gasteiger charge is -2.33. The summed E-state index contributed by atoms with van der Waals surface area (Å²) >= 11 is 0. The highest BCUT2D eigenvalue weighted by Gasteiger charge is 2.41. The van der Waals surface area contributed by atoms with Crippen molar-refractivity contribution in [1.82, 2.24) is 0 Å². The molecule has 1 aliphatic heterocycles. The molecule has 60 heavy (non-hydrogen) atoms. The highest BCUT2D eigenvalue weighted by molar-refractivity contribution is 6.75. The smallest absolute Gasteiger partial charge is 0.0887 e. The molecule has 0 aromatic heterocycles. The van der Waals surface area contributed by atoms with E-state index in [1.165, 1.54) is 61.2 Å². The summed E-state index contributed by atoms with van der Waals surface area (Å²) in [6.07, 6.45) is 0. The number of allylic oxidation sites excluding steroid dienone is 1. The van der Waals surface area contributed by atoms with Crippen molar-refractivity contribution in [3.8, 4) is 33.4 Å². The summed E-state index contributed by atoms with van der Waals surface area (Å²) < 4.78 is 0. The molecule has 1 nitrogen and oxygen atoms in total. The van der Waals surface area contributed by atoms with Gasteiger partial charge in [-0.25, -0.2) is 0 Å². The second-order valence-electron chi connectivity index (χ2n) is 16.0. The Morgan fingerprint density at radius 1 is 0.317 bits per heavy atom. The molecule has 11 rings (SSSR count). The molecule has 2 aliphatic rings. The number of anilines is 3. The Bertz CT molecular complexity index is 2870. The number of hydrogen-bond donors (Lipinski definition) is 0. The first-order valence-electron chi connectivity index (χ1n) is 21.0. The summed E-state index contributed by atoms with van der Waals surface area (Å²) in [5.41, 5.74) is 19.4. The van der Waals surface area contributed by atoms with Gasteiger partial charge in [-0.05, 0) is 103 Å². The van der Waals surface area contributed by atoms with Crippen LogP contribution in [0, 0.1) is 0 Å². The van der Waals surface area contributed by atoms with E-state index in [1.807, 2.05) is 0 Å². The maximum Gasteiger partial charge on any atom is 0.0887 e. The maximum absolute atomic E-state index is 2.52. The number of rotatable bonds is 8. The van der Waals surface area contributed by atoms with Gasteiger partial charge in [0.1, 0.15) is 0 Å². The third-order valence-electron chi connectivity index (χ3n) is 12.6. The van der Waals surface area contributed by atoms with E-state index < -0.39 is 9.52 Å². The van der Waals surface area contributed by atoms with Gasteiger partial charge in [-0.15, -0.1) is 0 Å². The summed E-state index contributed by atoms with van der Waals surface area (Å²) in [4.78, 5) is 2.37. The minimum Gasteiger partial charge on any atom is -0.311 e. The zero-order chi connectivity index (χ0) is 39.8. The summed E-state index contributed by atoms with van der Waals surface area (Å²) in [6.45, 7) is 0. The van der Waals surface area contributed by atoms with Crippen LogP contribution in [0.2, 0.25) is 0 Å². The molecule has 0 saturated carbocycles. The van der Waals surface area contributed by atoms with Crippen LogP contribution >= 0.6 is 0 Å². The van der Waals surface area contributed by atoms with Crippen molar-refractivity contribution in [2.24, 2.45) is 0 Å². The Kier molecular flexibility index (Phi) is 9.26. The lowest BCUT2D eigenvalue weighted by atomic mass is 9.76. The molecule has 284 valence electrons. The van der Waals surface area contributed by atoms with Gasteiger partial charge in [0.25, 0.3) is 0 Å². The molecular formula is C58H43NSi. The molecule has 0 bridgehead atoms. The molecular weight excluding hydrogens is 739 g/mol. The van der Waals surface area contributed by atoms with Crippen LogP contribution in [0.25, 0.3) is 38.6 Å². The number of benzene rings is 9. The molecule has 9 aromatic rings. The molecule has 0 radical (unpaired) electrons. The van der Waals surface area contributed by atoms with Gasteiger partial charge in [-0.2, -0.15) is 0 Å². The van der Waals surface area contributed by atoms with E-state index in [4.69, 9.17) is 0 Å². The highest BCUT2D eigenvalue weighted by atomic mass is 28.2. The summed E-state index contributed by atoms with van der Waals surface area (Å²) in [6, 6.07) is 87.3. The van der Waals surface area contributed by atoms with Crippen LogP contribution < -0.4 is 10.1 Å². The Labute approximate surface area is 355 Å². The lowest BCUT2D eigenvalue weighted by Crippen LogP contribution is -2.30. The van der Waals surface area contributed by atoms with Crippen molar-refractivity contribution in [3.05, 3.63) is 270 Å². The topological polar surface area (TPSA) is 3.24 Å². The van der Waals surface area contributed by atoms with E-state index in [-0.39, 0.29) is 11.8 Å². The van der Waals surface area contributed by atoms with Crippen molar-refractivity contribution < 1.29 is 0 Å². The van der Waals surface area contributed by atoms with E-state index in [1.54, 1.807) is 16.0 Å². The average Bonchev–Trinajstić information content (AvgIpc) is 3.66. The van der Waals surface area contributed by atoms with Gasteiger partial charge in [-0.3, -0.25) is 0 Å². The maximum atomic E-state index is 2.52. The van der Waals surface area contributed by atoms with E-state index in [2.05, 4.69) is 241 Å². The highest BCUT2D eigenvalue weighted by Crippen LogP contribution is 2.54. The fourth-order valence-corrected chi connectivity index (χ4v) is 12.0. The minimum atomic E-state index is -0.736. The van der Waals surface area contributed by atoms with Gasteiger partial charge < -0.3 is 4.90 Å². The lowest BCUT2D eigenvalue weighted by molar-refractivity contribution is 0.842. The minimum absolute atomic E-state index is 0.183. The molecule has 0 saturated heterocycles. The van der Waals surface area contributed by atoms with Crippen LogP contribution in [0.3, 0.4) is 0 Å². The van der Waals surface area contributed by atoms with E-state index in [0.717, 1.165) is 17.1 Å². The summed E-state index contributed by atoms with van der Waals surface area (Å²) in [5, 5.41) is 3.18. The zero-order valence-corrected chi connectivity index (χ0v) is 34.7. The monoisotopic (exact) mass is 781 g/mol. The summed E-state index contributed by atoms with van der Waals surface area (Å²) in [7, 11) is -0.736.